The number of likely N-dealkylation sites (N-methyl/N-ethyl adjacent to an activating group) is 1. The van der Waals surface area contributed by atoms with Crippen LogP contribution in [0.5, 0.6) is 5.75 Å². The predicted molar refractivity (Wildman–Crippen MR) is 103 cm³/mol. The van der Waals surface area contributed by atoms with Gasteiger partial charge in [-0.25, -0.2) is 4.39 Å². The molecule has 0 saturated carbocycles. The van der Waals surface area contributed by atoms with Gasteiger partial charge in [0.05, 0.1) is 4.47 Å². The molecule has 0 saturated heterocycles. The maximum atomic E-state index is 13.2. The van der Waals surface area contributed by atoms with Crippen molar-refractivity contribution in [3.63, 3.8) is 0 Å². The molecule has 2 aromatic rings. The van der Waals surface area contributed by atoms with Gasteiger partial charge in [-0.1, -0.05) is 30.3 Å². The molecule has 2 unspecified atom stereocenters. The molecule has 2 aromatic carbocycles. The summed E-state index contributed by atoms with van der Waals surface area (Å²) in [4.78, 5) is 12.6. The van der Waals surface area contributed by atoms with Gasteiger partial charge in [-0.2, -0.15) is 0 Å². The molecule has 25 heavy (non-hydrogen) atoms. The second-order valence-corrected chi connectivity index (χ2v) is 6.27. The molecule has 0 bridgehead atoms. The lowest BCUT2D eigenvalue weighted by Gasteiger charge is -2.21. The average molecular weight is 432 g/mol. The zero-order valence-electron chi connectivity index (χ0n) is 14.0. The summed E-state index contributed by atoms with van der Waals surface area (Å²) >= 11 is 3.26. The van der Waals surface area contributed by atoms with Crippen LogP contribution in [-0.2, 0) is 4.79 Å². The van der Waals surface area contributed by atoms with E-state index in [0.29, 0.717) is 16.8 Å². The van der Waals surface area contributed by atoms with Crippen molar-refractivity contribution in [1.29, 1.82) is 0 Å². The Balaban J connectivity index is 0.00000312. The molecule has 2 atom stereocenters. The highest BCUT2D eigenvalue weighted by atomic mass is 79.9. The molecule has 2 rings (SSSR count). The minimum absolute atomic E-state index is 0. The van der Waals surface area contributed by atoms with Crippen LogP contribution in [0.3, 0.4) is 0 Å². The van der Waals surface area contributed by atoms with Crippen LogP contribution < -0.4 is 15.4 Å². The normalized spacial score (nSPS) is 12.6. The number of carbonyl (C=O) groups is 1. The van der Waals surface area contributed by atoms with Gasteiger partial charge >= 0.3 is 0 Å². The van der Waals surface area contributed by atoms with E-state index < -0.39 is 6.10 Å². The van der Waals surface area contributed by atoms with Crippen molar-refractivity contribution in [1.82, 2.24) is 10.6 Å². The van der Waals surface area contributed by atoms with Crippen molar-refractivity contribution in [3.8, 4) is 5.75 Å². The van der Waals surface area contributed by atoms with Gasteiger partial charge < -0.3 is 15.4 Å². The Morgan fingerprint density at radius 2 is 1.92 bits per heavy atom. The molecular weight excluding hydrogens is 411 g/mol. The minimum Gasteiger partial charge on any atom is -0.475 e. The number of hydrogen-bond donors (Lipinski definition) is 2. The fourth-order valence-corrected chi connectivity index (χ4v) is 2.49. The molecule has 0 aromatic heterocycles. The first kappa shape index (κ1) is 21.4. The molecule has 136 valence electrons. The number of halogens is 3. The van der Waals surface area contributed by atoms with Crippen LogP contribution >= 0.6 is 28.3 Å². The number of hydrogen-bond acceptors (Lipinski definition) is 3. The SMILES string of the molecule is CNC(C)CNC(=O)C(Oc1ccc(F)cc1Br)c1ccccc1.Cl. The number of benzene rings is 2. The molecule has 2 N–H and O–H groups in total. The summed E-state index contributed by atoms with van der Waals surface area (Å²) in [7, 11) is 1.83. The van der Waals surface area contributed by atoms with Crippen LogP contribution in [0.1, 0.15) is 18.6 Å². The number of ether oxygens (including phenoxy) is 1. The maximum Gasteiger partial charge on any atom is 0.265 e. The average Bonchev–Trinajstić information content (AvgIpc) is 2.59. The van der Waals surface area contributed by atoms with Crippen LogP contribution in [0.2, 0.25) is 0 Å². The van der Waals surface area contributed by atoms with Crippen molar-refractivity contribution in [2.24, 2.45) is 0 Å². The molecule has 0 fully saturated rings. The molecule has 7 heteroatoms. The van der Waals surface area contributed by atoms with Gasteiger partial charge in [0, 0.05) is 18.2 Å². The Morgan fingerprint density at radius 1 is 1.24 bits per heavy atom. The zero-order valence-corrected chi connectivity index (χ0v) is 16.4. The Morgan fingerprint density at radius 3 is 2.52 bits per heavy atom. The standard InChI is InChI=1S/C18H20BrFN2O2.ClH/c1-12(21-2)11-22-18(23)17(13-6-4-3-5-7-13)24-16-9-8-14(20)10-15(16)19;/h3-10,12,17,21H,11H2,1-2H3,(H,22,23);1H. The Labute approximate surface area is 161 Å². The van der Waals surface area contributed by atoms with E-state index in [1.807, 2.05) is 44.3 Å². The lowest BCUT2D eigenvalue weighted by atomic mass is 10.1. The van der Waals surface area contributed by atoms with Crippen molar-refractivity contribution < 1.29 is 13.9 Å². The van der Waals surface area contributed by atoms with E-state index in [-0.39, 0.29) is 30.2 Å². The molecule has 0 aliphatic carbocycles. The molecular formula is C18H21BrClFN2O2. The molecule has 0 aliphatic heterocycles. The monoisotopic (exact) mass is 430 g/mol. The molecule has 0 radical (unpaired) electrons. The van der Waals surface area contributed by atoms with Crippen LogP contribution in [0.15, 0.2) is 53.0 Å². The van der Waals surface area contributed by atoms with E-state index in [0.717, 1.165) is 5.56 Å². The fourth-order valence-electron chi connectivity index (χ4n) is 2.05. The summed E-state index contributed by atoms with van der Waals surface area (Å²) in [6.07, 6.45) is -0.822. The molecule has 0 aliphatic rings. The number of carbonyl (C=O) groups excluding carboxylic acids is 1. The van der Waals surface area contributed by atoms with Gasteiger partial charge in [0.1, 0.15) is 11.6 Å². The van der Waals surface area contributed by atoms with Crippen molar-refractivity contribution in [2.75, 3.05) is 13.6 Å². The molecule has 0 heterocycles. The molecule has 1 amide bonds. The molecule has 4 nitrogen and oxygen atoms in total. The van der Waals surface area contributed by atoms with E-state index >= 15 is 0 Å². The summed E-state index contributed by atoms with van der Waals surface area (Å²) in [6.45, 7) is 2.45. The van der Waals surface area contributed by atoms with Crippen molar-refractivity contribution >= 4 is 34.2 Å². The maximum absolute atomic E-state index is 13.2. The van der Waals surface area contributed by atoms with Crippen molar-refractivity contribution in [3.05, 3.63) is 64.4 Å². The topological polar surface area (TPSA) is 50.4 Å². The lowest BCUT2D eigenvalue weighted by Crippen LogP contribution is -2.40. The Hall–Kier alpha value is -1.63. The smallest absolute Gasteiger partial charge is 0.265 e. The predicted octanol–water partition coefficient (Wildman–Crippen LogP) is 3.85. The van der Waals surface area contributed by atoms with Gasteiger partial charge in [0.25, 0.3) is 5.91 Å². The first-order chi connectivity index (χ1) is 11.5. The fraction of sp³-hybridized carbons (Fsp3) is 0.278. The summed E-state index contributed by atoms with van der Waals surface area (Å²) in [5.41, 5.74) is 0.725. The van der Waals surface area contributed by atoms with Crippen LogP contribution in [-0.4, -0.2) is 25.5 Å². The van der Waals surface area contributed by atoms with Crippen LogP contribution in [0.4, 0.5) is 4.39 Å². The third-order valence-corrected chi connectivity index (χ3v) is 4.17. The largest absolute Gasteiger partial charge is 0.475 e. The number of nitrogens with one attached hydrogen (secondary N) is 2. The van der Waals surface area contributed by atoms with Crippen LogP contribution in [0, 0.1) is 5.82 Å². The van der Waals surface area contributed by atoms with E-state index in [4.69, 9.17) is 4.74 Å². The first-order valence-corrected chi connectivity index (χ1v) is 8.42. The first-order valence-electron chi connectivity index (χ1n) is 7.63. The number of rotatable bonds is 7. The van der Waals surface area contributed by atoms with Gasteiger partial charge in [-0.3, -0.25) is 4.79 Å². The third kappa shape index (κ3) is 6.30. The van der Waals surface area contributed by atoms with Gasteiger partial charge in [0.15, 0.2) is 0 Å². The second kappa shape index (κ2) is 10.4. The van der Waals surface area contributed by atoms with E-state index in [2.05, 4.69) is 26.6 Å². The van der Waals surface area contributed by atoms with Crippen LogP contribution in [0.25, 0.3) is 0 Å². The highest BCUT2D eigenvalue weighted by Gasteiger charge is 2.23. The van der Waals surface area contributed by atoms with Gasteiger partial charge in [-0.05, 0) is 48.1 Å². The summed E-state index contributed by atoms with van der Waals surface area (Å²) in [5.74, 6) is -0.223. The second-order valence-electron chi connectivity index (χ2n) is 5.42. The van der Waals surface area contributed by atoms with Gasteiger partial charge in [-0.15, -0.1) is 12.4 Å². The third-order valence-electron chi connectivity index (χ3n) is 3.55. The van der Waals surface area contributed by atoms with Crippen molar-refractivity contribution in [2.45, 2.75) is 19.1 Å². The van der Waals surface area contributed by atoms with Gasteiger partial charge in [0.2, 0.25) is 6.10 Å². The summed E-state index contributed by atoms with van der Waals surface area (Å²) in [5, 5.41) is 5.93. The highest BCUT2D eigenvalue weighted by molar-refractivity contribution is 9.10. The Kier molecular flexibility index (Phi) is 8.89. The molecule has 0 spiro atoms. The Bertz CT molecular complexity index is 688. The van der Waals surface area contributed by atoms with E-state index in [1.165, 1.54) is 18.2 Å². The lowest BCUT2D eigenvalue weighted by molar-refractivity contribution is -0.128. The zero-order chi connectivity index (χ0) is 17.5. The number of amides is 1. The summed E-state index contributed by atoms with van der Waals surface area (Å²) in [6, 6.07) is 13.4. The van der Waals surface area contributed by atoms with E-state index in [9.17, 15) is 9.18 Å². The quantitative estimate of drug-likeness (QED) is 0.700. The summed E-state index contributed by atoms with van der Waals surface area (Å²) < 4.78 is 19.6. The van der Waals surface area contributed by atoms with E-state index in [1.54, 1.807) is 0 Å². The minimum atomic E-state index is -0.822. The highest BCUT2D eigenvalue weighted by Crippen LogP contribution is 2.30.